The van der Waals surface area contributed by atoms with Gasteiger partial charge in [-0.2, -0.15) is 0 Å². The number of hydrogen-bond donors (Lipinski definition) is 0. The van der Waals surface area contributed by atoms with Crippen molar-refractivity contribution in [3.05, 3.63) is 34.9 Å². The van der Waals surface area contributed by atoms with E-state index in [0.717, 1.165) is 31.2 Å². The van der Waals surface area contributed by atoms with E-state index in [1.165, 1.54) is 18.2 Å². The summed E-state index contributed by atoms with van der Waals surface area (Å²) in [4.78, 5) is 11.6. The molecule has 0 saturated carbocycles. The summed E-state index contributed by atoms with van der Waals surface area (Å²) in [6.45, 7) is 4.28. The number of methoxy groups -OCH3 is 1. The number of hydrogen-bond acceptors (Lipinski definition) is 2. The largest absolute Gasteiger partial charge is 0.465 e. The van der Waals surface area contributed by atoms with Gasteiger partial charge in [-0.15, -0.1) is 0 Å². The molecule has 0 saturated heterocycles. The Kier molecular flexibility index (Phi) is 5.03. The number of carbonyl (C=O) groups excluding carboxylic acids is 1. The van der Waals surface area contributed by atoms with Crippen LogP contribution in [0.5, 0.6) is 0 Å². The lowest BCUT2D eigenvalue weighted by atomic mass is 9.94. The molecular weight excluding hydrogens is 200 g/mol. The Hall–Kier alpha value is -1.31. The van der Waals surface area contributed by atoms with E-state index in [2.05, 4.69) is 19.9 Å². The third kappa shape index (κ3) is 2.84. The molecule has 0 bridgehead atoms. The monoisotopic (exact) mass is 220 g/mol. The quantitative estimate of drug-likeness (QED) is 0.711. The highest BCUT2D eigenvalue weighted by Crippen LogP contribution is 2.19. The molecule has 2 heteroatoms. The number of carbonyl (C=O) groups is 1. The molecule has 0 N–H and O–H groups in total. The van der Waals surface area contributed by atoms with Crippen molar-refractivity contribution >= 4 is 5.97 Å². The predicted molar refractivity (Wildman–Crippen MR) is 65.8 cm³/mol. The Labute approximate surface area is 97.6 Å². The van der Waals surface area contributed by atoms with E-state index >= 15 is 0 Å². The second kappa shape index (κ2) is 6.31. The lowest BCUT2D eigenvalue weighted by Crippen LogP contribution is -2.08. The average molecular weight is 220 g/mol. The van der Waals surface area contributed by atoms with Crippen LogP contribution in [0.25, 0.3) is 0 Å². The van der Waals surface area contributed by atoms with E-state index in [4.69, 9.17) is 4.74 Å². The molecule has 0 unspecified atom stereocenters. The Bertz CT molecular complexity index is 356. The molecule has 0 aromatic heterocycles. The lowest BCUT2D eigenvalue weighted by Gasteiger charge is -2.12. The zero-order chi connectivity index (χ0) is 12.0. The van der Waals surface area contributed by atoms with Crippen LogP contribution in [0, 0.1) is 0 Å². The van der Waals surface area contributed by atoms with E-state index in [1.54, 1.807) is 0 Å². The van der Waals surface area contributed by atoms with Crippen LogP contribution in [-0.2, 0) is 17.6 Å². The summed E-state index contributed by atoms with van der Waals surface area (Å²) in [6, 6.07) is 5.91. The average Bonchev–Trinajstić information content (AvgIpc) is 2.31. The second-order valence-corrected chi connectivity index (χ2v) is 3.93. The zero-order valence-corrected chi connectivity index (χ0v) is 10.4. The van der Waals surface area contributed by atoms with E-state index in [9.17, 15) is 4.79 Å². The smallest absolute Gasteiger partial charge is 0.338 e. The fraction of sp³-hybridized carbons (Fsp3) is 0.500. The van der Waals surface area contributed by atoms with Gasteiger partial charge in [0.25, 0.3) is 0 Å². The molecular formula is C14H20O2. The molecule has 0 radical (unpaired) electrons. The molecule has 1 aromatic rings. The van der Waals surface area contributed by atoms with Crippen molar-refractivity contribution in [2.75, 3.05) is 7.11 Å². The minimum Gasteiger partial charge on any atom is -0.465 e. The first kappa shape index (κ1) is 12.8. The molecule has 16 heavy (non-hydrogen) atoms. The Morgan fingerprint density at radius 1 is 1.19 bits per heavy atom. The van der Waals surface area contributed by atoms with E-state index in [-0.39, 0.29) is 5.97 Å². The summed E-state index contributed by atoms with van der Waals surface area (Å²) < 4.78 is 4.82. The maximum absolute atomic E-state index is 11.6. The van der Waals surface area contributed by atoms with Crippen LogP contribution in [0.2, 0.25) is 0 Å². The Balaban J connectivity index is 3.15. The number of benzene rings is 1. The van der Waals surface area contributed by atoms with Crippen LogP contribution >= 0.6 is 0 Å². The van der Waals surface area contributed by atoms with Crippen molar-refractivity contribution in [3.63, 3.8) is 0 Å². The maximum atomic E-state index is 11.6. The number of rotatable bonds is 5. The first-order valence-corrected chi connectivity index (χ1v) is 5.93. The summed E-state index contributed by atoms with van der Waals surface area (Å²) in [7, 11) is 1.44. The predicted octanol–water partition coefficient (Wildman–Crippen LogP) is 3.38. The van der Waals surface area contributed by atoms with Crippen molar-refractivity contribution in [3.8, 4) is 0 Å². The van der Waals surface area contributed by atoms with Crippen LogP contribution in [0.3, 0.4) is 0 Å². The standard InChI is InChI=1S/C14H20O2/c1-4-7-11-9-6-10-13(14(15)16-3)12(11)8-5-2/h6,9-10H,4-5,7-8H2,1-3H3. The lowest BCUT2D eigenvalue weighted by molar-refractivity contribution is 0.0599. The van der Waals surface area contributed by atoms with Crippen molar-refractivity contribution in [2.45, 2.75) is 39.5 Å². The number of aryl methyl sites for hydroxylation is 1. The van der Waals surface area contributed by atoms with Crippen LogP contribution in [0.15, 0.2) is 18.2 Å². The van der Waals surface area contributed by atoms with Gasteiger partial charge in [0.05, 0.1) is 12.7 Å². The molecule has 0 fully saturated rings. The summed E-state index contributed by atoms with van der Waals surface area (Å²) in [5, 5.41) is 0. The van der Waals surface area contributed by atoms with Crippen molar-refractivity contribution < 1.29 is 9.53 Å². The van der Waals surface area contributed by atoms with Crippen molar-refractivity contribution in [2.24, 2.45) is 0 Å². The van der Waals surface area contributed by atoms with Crippen LogP contribution in [-0.4, -0.2) is 13.1 Å². The summed E-state index contributed by atoms with van der Waals surface area (Å²) in [6.07, 6.45) is 4.12. The van der Waals surface area contributed by atoms with Gasteiger partial charge in [-0.25, -0.2) is 4.79 Å². The van der Waals surface area contributed by atoms with Crippen molar-refractivity contribution in [1.82, 2.24) is 0 Å². The van der Waals surface area contributed by atoms with E-state index in [1.807, 2.05) is 12.1 Å². The molecule has 1 aromatic carbocycles. The fourth-order valence-electron chi connectivity index (χ4n) is 1.98. The molecule has 1 rings (SSSR count). The van der Waals surface area contributed by atoms with Gasteiger partial charge in [0.15, 0.2) is 0 Å². The molecule has 0 spiro atoms. The third-order valence-corrected chi connectivity index (χ3v) is 2.70. The first-order chi connectivity index (χ1) is 7.74. The molecule has 0 aliphatic heterocycles. The summed E-state index contributed by atoms with van der Waals surface area (Å²) in [5.74, 6) is -0.221. The highest BCUT2D eigenvalue weighted by atomic mass is 16.5. The number of ether oxygens (including phenoxy) is 1. The van der Waals surface area contributed by atoms with E-state index < -0.39 is 0 Å². The first-order valence-electron chi connectivity index (χ1n) is 5.93. The van der Waals surface area contributed by atoms with Gasteiger partial charge in [-0.05, 0) is 30.0 Å². The van der Waals surface area contributed by atoms with Gasteiger partial charge in [-0.1, -0.05) is 38.8 Å². The summed E-state index contributed by atoms with van der Waals surface area (Å²) in [5.41, 5.74) is 3.18. The number of esters is 1. The Morgan fingerprint density at radius 2 is 1.88 bits per heavy atom. The van der Waals surface area contributed by atoms with Gasteiger partial charge in [0.2, 0.25) is 0 Å². The molecule has 0 atom stereocenters. The molecule has 0 amide bonds. The topological polar surface area (TPSA) is 26.3 Å². The third-order valence-electron chi connectivity index (χ3n) is 2.70. The minimum atomic E-state index is -0.221. The van der Waals surface area contributed by atoms with E-state index in [0.29, 0.717) is 0 Å². The summed E-state index contributed by atoms with van der Waals surface area (Å²) >= 11 is 0. The molecule has 0 heterocycles. The highest BCUT2D eigenvalue weighted by molar-refractivity contribution is 5.91. The Morgan fingerprint density at radius 3 is 2.44 bits per heavy atom. The SMILES string of the molecule is CCCc1cccc(C(=O)OC)c1CCC. The maximum Gasteiger partial charge on any atom is 0.338 e. The van der Waals surface area contributed by atoms with Gasteiger partial charge < -0.3 is 4.74 Å². The molecule has 0 aliphatic rings. The zero-order valence-electron chi connectivity index (χ0n) is 10.4. The second-order valence-electron chi connectivity index (χ2n) is 3.93. The van der Waals surface area contributed by atoms with Crippen LogP contribution < -0.4 is 0 Å². The van der Waals surface area contributed by atoms with Gasteiger partial charge in [-0.3, -0.25) is 0 Å². The van der Waals surface area contributed by atoms with Crippen molar-refractivity contribution in [1.29, 1.82) is 0 Å². The van der Waals surface area contributed by atoms with Gasteiger partial charge in [0, 0.05) is 0 Å². The van der Waals surface area contributed by atoms with Gasteiger partial charge in [0.1, 0.15) is 0 Å². The minimum absolute atomic E-state index is 0.221. The van der Waals surface area contributed by atoms with Crippen LogP contribution in [0.4, 0.5) is 0 Å². The molecule has 0 aliphatic carbocycles. The normalized spacial score (nSPS) is 10.2. The van der Waals surface area contributed by atoms with Crippen LogP contribution in [0.1, 0.15) is 48.2 Å². The van der Waals surface area contributed by atoms with Gasteiger partial charge >= 0.3 is 5.97 Å². The fourth-order valence-corrected chi connectivity index (χ4v) is 1.98. The molecule has 2 nitrogen and oxygen atoms in total. The highest BCUT2D eigenvalue weighted by Gasteiger charge is 2.13. The molecule has 88 valence electrons.